The van der Waals surface area contributed by atoms with Crippen LogP contribution in [-0.4, -0.2) is 36.9 Å². The maximum Gasteiger partial charge on any atom is 0.251 e. The van der Waals surface area contributed by atoms with Gasteiger partial charge in [-0.05, 0) is 84.8 Å². The number of anilines is 3. The zero-order valence-electron chi connectivity index (χ0n) is 29.0. The minimum atomic E-state index is -0.890. The molecule has 1 unspecified atom stereocenters. The van der Waals surface area contributed by atoms with Crippen LogP contribution in [0.2, 0.25) is 0 Å². The van der Waals surface area contributed by atoms with Crippen LogP contribution in [-0.2, 0) is 20.9 Å². The average Bonchev–Trinajstić information content (AvgIpc) is 3.21. The molecule has 1 heterocycles. The largest absolute Gasteiger partial charge is 0.494 e. The van der Waals surface area contributed by atoms with E-state index >= 15 is 0 Å². The lowest BCUT2D eigenvalue weighted by Crippen LogP contribution is -2.54. The number of rotatable bonds is 14. The minimum Gasteiger partial charge on any atom is -0.494 e. The molecule has 0 bridgehead atoms. The van der Waals surface area contributed by atoms with Crippen LogP contribution in [0.3, 0.4) is 0 Å². The first-order valence-corrected chi connectivity index (χ1v) is 17.3. The van der Waals surface area contributed by atoms with Crippen molar-refractivity contribution in [3.63, 3.8) is 0 Å². The first kappa shape index (κ1) is 35.2. The van der Waals surface area contributed by atoms with Gasteiger partial charge in [0, 0.05) is 17.5 Å². The maximum atomic E-state index is 14.7. The highest BCUT2D eigenvalue weighted by Gasteiger charge is 2.39. The Hall–Kier alpha value is -5.11. The molecule has 5 rings (SSSR count). The molecule has 256 valence electrons. The number of carbonyl (C=O) groups is 3. The third kappa shape index (κ3) is 8.49. The number of hydrogen-bond acceptors (Lipinski definition) is 5. The van der Waals surface area contributed by atoms with Crippen molar-refractivity contribution in [1.29, 1.82) is 0 Å². The number of nitrogens with zero attached hydrogens (tertiary/aromatic N) is 2. The molecule has 8 nitrogen and oxygen atoms in total. The summed E-state index contributed by atoms with van der Waals surface area (Å²) in [6.07, 6.45) is 1.72. The standard InChI is InChI=1S/C41H48N4O4/c1-5-13-34(39(42)46)35(24-28(3)4)40(47)43-36-27-44(32-16-8-7-9-17-32)37-18-10-11-19-38(37)45(41(36)48)26-29-14-12-15-31(25-29)30-20-22-33(23-21-30)49-6-2/h7-12,14-23,25,28,34-36H,5-6,13,24,26-27H2,1-4H3,(H2,42,46)(H,43,47)/t34-,35+,36?/m0/s1. The lowest BCUT2D eigenvalue weighted by molar-refractivity contribution is -0.136. The second kappa shape index (κ2) is 16.3. The number of carbonyl (C=O) groups excluding carboxylic acids is 3. The molecular formula is C41H48N4O4. The molecule has 49 heavy (non-hydrogen) atoms. The summed E-state index contributed by atoms with van der Waals surface area (Å²) >= 11 is 0. The Labute approximate surface area is 290 Å². The van der Waals surface area contributed by atoms with Crippen molar-refractivity contribution in [3.8, 4) is 16.9 Å². The molecule has 0 saturated heterocycles. The molecule has 0 aliphatic carbocycles. The van der Waals surface area contributed by atoms with E-state index in [2.05, 4.69) is 22.3 Å². The van der Waals surface area contributed by atoms with Crippen molar-refractivity contribution in [2.75, 3.05) is 23.0 Å². The third-order valence-electron chi connectivity index (χ3n) is 9.06. The Morgan fingerprint density at radius 2 is 1.55 bits per heavy atom. The summed E-state index contributed by atoms with van der Waals surface area (Å²) in [5, 5.41) is 3.12. The topological polar surface area (TPSA) is 105 Å². The number of amides is 3. The number of nitrogens with two attached hydrogens (primary N) is 1. The molecular weight excluding hydrogens is 612 g/mol. The number of ether oxygens (including phenoxy) is 1. The van der Waals surface area contributed by atoms with Gasteiger partial charge in [-0.3, -0.25) is 14.4 Å². The highest BCUT2D eigenvalue weighted by Crippen LogP contribution is 2.38. The lowest BCUT2D eigenvalue weighted by Gasteiger charge is -2.30. The van der Waals surface area contributed by atoms with Gasteiger partial charge in [0.1, 0.15) is 11.8 Å². The predicted molar refractivity (Wildman–Crippen MR) is 197 cm³/mol. The molecule has 0 spiro atoms. The molecule has 8 heteroatoms. The number of primary amides is 1. The van der Waals surface area contributed by atoms with E-state index in [1.165, 1.54) is 0 Å². The van der Waals surface area contributed by atoms with E-state index in [1.807, 2.05) is 119 Å². The van der Waals surface area contributed by atoms with Crippen LogP contribution in [0.1, 0.15) is 52.5 Å². The Bertz CT molecular complexity index is 1720. The first-order valence-electron chi connectivity index (χ1n) is 17.3. The molecule has 1 aliphatic heterocycles. The zero-order chi connectivity index (χ0) is 34.9. The highest BCUT2D eigenvalue weighted by atomic mass is 16.5. The molecule has 1 aliphatic rings. The zero-order valence-corrected chi connectivity index (χ0v) is 29.0. The number of nitrogens with one attached hydrogen (secondary N) is 1. The molecule has 3 N–H and O–H groups in total. The van der Waals surface area contributed by atoms with Crippen LogP contribution in [0.5, 0.6) is 5.75 Å². The molecule has 3 atom stereocenters. The third-order valence-corrected chi connectivity index (χ3v) is 9.06. The van der Waals surface area contributed by atoms with Gasteiger partial charge < -0.3 is 25.6 Å². The van der Waals surface area contributed by atoms with E-state index in [1.54, 1.807) is 4.90 Å². The van der Waals surface area contributed by atoms with Crippen molar-refractivity contribution < 1.29 is 19.1 Å². The van der Waals surface area contributed by atoms with E-state index in [-0.39, 0.29) is 24.3 Å². The second-order valence-corrected chi connectivity index (χ2v) is 13.1. The Morgan fingerprint density at radius 3 is 2.20 bits per heavy atom. The Kier molecular flexibility index (Phi) is 11.7. The van der Waals surface area contributed by atoms with Crippen LogP contribution in [0, 0.1) is 17.8 Å². The summed E-state index contributed by atoms with van der Waals surface area (Å²) in [5.74, 6) is -1.30. The summed E-state index contributed by atoms with van der Waals surface area (Å²) in [7, 11) is 0. The van der Waals surface area contributed by atoms with Gasteiger partial charge in [0.2, 0.25) is 11.8 Å². The summed E-state index contributed by atoms with van der Waals surface area (Å²) in [5.41, 5.74) is 11.4. The Balaban J connectivity index is 1.53. The van der Waals surface area contributed by atoms with Crippen molar-refractivity contribution in [1.82, 2.24) is 5.32 Å². The second-order valence-electron chi connectivity index (χ2n) is 13.1. The predicted octanol–water partition coefficient (Wildman–Crippen LogP) is 7.49. The molecule has 4 aromatic carbocycles. The van der Waals surface area contributed by atoms with Crippen LogP contribution in [0.15, 0.2) is 103 Å². The normalized spacial score (nSPS) is 15.7. The minimum absolute atomic E-state index is 0.156. The van der Waals surface area contributed by atoms with Gasteiger partial charge >= 0.3 is 0 Å². The van der Waals surface area contributed by atoms with Gasteiger partial charge in [0.05, 0.1) is 31.1 Å². The van der Waals surface area contributed by atoms with Gasteiger partial charge in [-0.25, -0.2) is 0 Å². The van der Waals surface area contributed by atoms with Gasteiger partial charge in [-0.2, -0.15) is 0 Å². The smallest absolute Gasteiger partial charge is 0.251 e. The van der Waals surface area contributed by atoms with Crippen molar-refractivity contribution in [2.24, 2.45) is 23.5 Å². The summed E-state index contributed by atoms with van der Waals surface area (Å²) < 4.78 is 5.63. The summed E-state index contributed by atoms with van der Waals surface area (Å²) in [6, 6.07) is 33.0. The molecule has 0 aromatic heterocycles. The van der Waals surface area contributed by atoms with E-state index in [9.17, 15) is 14.4 Å². The van der Waals surface area contributed by atoms with Crippen LogP contribution < -0.4 is 25.6 Å². The van der Waals surface area contributed by atoms with Gasteiger partial charge in [0.15, 0.2) is 0 Å². The van der Waals surface area contributed by atoms with Crippen LogP contribution >= 0.6 is 0 Å². The molecule has 0 radical (unpaired) electrons. The summed E-state index contributed by atoms with van der Waals surface area (Å²) in [4.78, 5) is 45.3. The number of benzene rings is 4. The maximum absolute atomic E-state index is 14.7. The molecule has 0 saturated carbocycles. The number of fused-ring (bicyclic) bond motifs is 1. The Morgan fingerprint density at radius 1 is 0.857 bits per heavy atom. The molecule has 0 fully saturated rings. The van der Waals surface area contributed by atoms with Crippen molar-refractivity contribution in [3.05, 3.63) is 109 Å². The average molecular weight is 661 g/mol. The van der Waals surface area contributed by atoms with Gasteiger partial charge in [-0.15, -0.1) is 0 Å². The molecule has 4 aromatic rings. The SMILES string of the molecule is CCC[C@H](C(N)=O)[C@@H](CC(C)C)C(=O)NC1CN(c2ccccc2)c2ccccc2N(Cc2cccc(-c3ccc(OCC)cc3)c2)C1=O. The van der Waals surface area contributed by atoms with Crippen molar-refractivity contribution >= 4 is 34.8 Å². The van der Waals surface area contributed by atoms with Crippen molar-refractivity contribution in [2.45, 2.75) is 59.5 Å². The lowest BCUT2D eigenvalue weighted by atomic mass is 9.81. The number of para-hydroxylation sites is 3. The number of hydrogen-bond donors (Lipinski definition) is 2. The van der Waals surface area contributed by atoms with E-state index < -0.39 is 23.8 Å². The molecule has 3 amide bonds. The van der Waals surface area contributed by atoms with E-state index in [0.717, 1.165) is 45.9 Å². The summed E-state index contributed by atoms with van der Waals surface area (Å²) in [6.45, 7) is 9.11. The van der Waals surface area contributed by atoms with Gasteiger partial charge in [-0.1, -0.05) is 87.9 Å². The fourth-order valence-electron chi connectivity index (χ4n) is 6.74. The van der Waals surface area contributed by atoms with E-state index in [0.29, 0.717) is 26.0 Å². The monoisotopic (exact) mass is 660 g/mol. The first-order chi connectivity index (χ1) is 23.7. The van der Waals surface area contributed by atoms with E-state index in [4.69, 9.17) is 10.5 Å². The van der Waals surface area contributed by atoms with Gasteiger partial charge in [0.25, 0.3) is 5.91 Å². The van der Waals surface area contributed by atoms with Crippen LogP contribution in [0.25, 0.3) is 11.1 Å². The quantitative estimate of drug-likeness (QED) is 0.146. The highest BCUT2D eigenvalue weighted by molar-refractivity contribution is 6.04. The van der Waals surface area contributed by atoms with Crippen LogP contribution in [0.4, 0.5) is 17.1 Å². The fraction of sp³-hybridized carbons (Fsp3) is 0.341. The fourth-order valence-corrected chi connectivity index (χ4v) is 6.74.